The lowest BCUT2D eigenvalue weighted by molar-refractivity contribution is -0.137. The van der Waals surface area contributed by atoms with E-state index in [9.17, 15) is 26.7 Å². The number of aromatic nitrogens is 1. The van der Waals surface area contributed by atoms with Gasteiger partial charge in [-0.2, -0.15) is 13.2 Å². The molecule has 12 heteroatoms. The van der Waals surface area contributed by atoms with Crippen molar-refractivity contribution in [3.63, 3.8) is 0 Å². The van der Waals surface area contributed by atoms with E-state index in [0.717, 1.165) is 48.1 Å². The fraction of sp³-hybridized carbons (Fsp3) is 0.273. The first kappa shape index (κ1) is 31.3. The van der Waals surface area contributed by atoms with Crippen LogP contribution in [0.4, 0.5) is 18.9 Å². The van der Waals surface area contributed by atoms with Gasteiger partial charge >= 0.3 is 6.18 Å². The van der Waals surface area contributed by atoms with Gasteiger partial charge in [0.1, 0.15) is 0 Å². The zero-order chi connectivity index (χ0) is 31.6. The monoisotopic (exact) mass is 652 g/mol. The number of sulfonamides is 1. The first-order chi connectivity index (χ1) is 21.5. The highest BCUT2D eigenvalue weighted by atomic mass is 32.2. The third-order valence-corrected chi connectivity index (χ3v) is 10.6. The lowest BCUT2D eigenvalue weighted by atomic mass is 10.0. The van der Waals surface area contributed by atoms with Crippen molar-refractivity contribution in [1.82, 2.24) is 10.3 Å². The van der Waals surface area contributed by atoms with Crippen LogP contribution < -0.4 is 10.0 Å². The molecule has 3 aromatic carbocycles. The summed E-state index contributed by atoms with van der Waals surface area (Å²) in [5, 5.41) is 14.9. The standard InChI is InChI=1S/C33H31F3N4O3S2/c34-33(35,36)25-9-5-22(6-10-25)30-20-44-32(39-30)23-7-14-28(15-8-23)45(42,43)40-26-11-3-21(4-12-26)18-27-13-16-29(38-27)31(41)24-2-1-17-37-19-24/h1-12,14-15,17,19,27,29-31,38,40-41H,13,16,18,20H2/t27-,29+,30?,31+/m0/s1. The van der Waals surface area contributed by atoms with Crippen molar-refractivity contribution in [2.24, 2.45) is 4.99 Å². The molecule has 0 aliphatic carbocycles. The molecule has 0 amide bonds. The van der Waals surface area contributed by atoms with Crippen molar-refractivity contribution in [3.05, 3.63) is 125 Å². The van der Waals surface area contributed by atoms with E-state index in [0.29, 0.717) is 22.0 Å². The number of hydrogen-bond donors (Lipinski definition) is 3. The Hall–Kier alpha value is -3.71. The Morgan fingerprint density at radius 1 is 0.978 bits per heavy atom. The molecular weight excluding hydrogens is 622 g/mol. The average molecular weight is 653 g/mol. The van der Waals surface area contributed by atoms with E-state index in [1.54, 1.807) is 36.7 Å². The van der Waals surface area contributed by atoms with Gasteiger partial charge in [-0.05, 0) is 72.9 Å². The van der Waals surface area contributed by atoms with Crippen molar-refractivity contribution < 1.29 is 26.7 Å². The van der Waals surface area contributed by atoms with Gasteiger partial charge in [-0.1, -0.05) is 42.5 Å². The van der Waals surface area contributed by atoms with Crippen molar-refractivity contribution in [1.29, 1.82) is 0 Å². The fourth-order valence-corrected chi connectivity index (χ4v) is 7.77. The zero-order valence-electron chi connectivity index (χ0n) is 24.0. The number of thioether (sulfide) groups is 1. The Morgan fingerprint density at radius 2 is 1.71 bits per heavy atom. The van der Waals surface area contributed by atoms with Gasteiger partial charge in [-0.25, -0.2) is 8.42 Å². The van der Waals surface area contributed by atoms with E-state index >= 15 is 0 Å². The third-order valence-electron chi connectivity index (χ3n) is 8.06. The van der Waals surface area contributed by atoms with Crippen LogP contribution in [0.3, 0.4) is 0 Å². The van der Waals surface area contributed by atoms with E-state index in [4.69, 9.17) is 0 Å². The predicted octanol–water partition coefficient (Wildman–Crippen LogP) is 6.53. The molecule has 0 bridgehead atoms. The molecule has 4 aromatic rings. The number of rotatable bonds is 9. The van der Waals surface area contributed by atoms with E-state index in [-0.39, 0.29) is 23.0 Å². The second kappa shape index (κ2) is 13.0. The summed E-state index contributed by atoms with van der Waals surface area (Å²) in [4.78, 5) is 8.86. The largest absolute Gasteiger partial charge is 0.416 e. The highest BCUT2D eigenvalue weighted by Crippen LogP contribution is 2.35. The Balaban J connectivity index is 1.04. The summed E-state index contributed by atoms with van der Waals surface area (Å²) >= 11 is 1.48. The van der Waals surface area contributed by atoms with Crippen molar-refractivity contribution >= 4 is 32.5 Å². The number of hydrogen-bond acceptors (Lipinski definition) is 7. The maximum Gasteiger partial charge on any atom is 0.416 e. The van der Waals surface area contributed by atoms with Crippen molar-refractivity contribution in [2.45, 2.75) is 54.6 Å². The molecule has 1 unspecified atom stereocenters. The molecule has 1 saturated heterocycles. The minimum atomic E-state index is -4.39. The number of aliphatic hydroxyl groups is 1. The van der Waals surface area contributed by atoms with Crippen LogP contribution in [0.5, 0.6) is 0 Å². The Labute approximate surface area is 264 Å². The molecule has 6 rings (SSSR count). The lowest BCUT2D eigenvalue weighted by Gasteiger charge is -2.20. The van der Waals surface area contributed by atoms with E-state index in [1.807, 2.05) is 24.3 Å². The molecule has 2 aliphatic heterocycles. The van der Waals surface area contributed by atoms with Crippen LogP contribution in [0.1, 0.15) is 52.8 Å². The van der Waals surface area contributed by atoms with Crippen molar-refractivity contribution in [3.8, 4) is 0 Å². The van der Waals surface area contributed by atoms with Gasteiger partial charge < -0.3 is 10.4 Å². The first-order valence-corrected chi connectivity index (χ1v) is 17.0. The molecule has 234 valence electrons. The predicted molar refractivity (Wildman–Crippen MR) is 170 cm³/mol. The molecule has 7 nitrogen and oxygen atoms in total. The highest BCUT2D eigenvalue weighted by molar-refractivity contribution is 8.14. The summed E-state index contributed by atoms with van der Waals surface area (Å²) in [6.07, 6.45) is 0.885. The second-order valence-electron chi connectivity index (χ2n) is 11.2. The number of anilines is 1. The fourth-order valence-electron chi connectivity index (χ4n) is 5.62. The molecule has 0 spiro atoms. The molecule has 0 saturated carbocycles. The lowest BCUT2D eigenvalue weighted by Crippen LogP contribution is -2.35. The normalized spacial score (nSPS) is 21.0. The zero-order valence-corrected chi connectivity index (χ0v) is 25.6. The third kappa shape index (κ3) is 7.41. The summed E-state index contributed by atoms with van der Waals surface area (Å²) in [6, 6.07) is 22.3. The first-order valence-electron chi connectivity index (χ1n) is 14.5. The molecule has 1 fully saturated rings. The number of aliphatic imine (C=N–C) groups is 1. The summed E-state index contributed by atoms with van der Waals surface area (Å²) < 4.78 is 67.5. The molecule has 1 aromatic heterocycles. The number of nitrogens with one attached hydrogen (secondary N) is 2. The Morgan fingerprint density at radius 3 is 2.38 bits per heavy atom. The Bertz CT molecular complexity index is 1750. The smallest absolute Gasteiger partial charge is 0.387 e. The van der Waals surface area contributed by atoms with Crippen LogP contribution in [0.15, 0.2) is 107 Å². The maximum absolute atomic E-state index is 13.1. The van der Waals surface area contributed by atoms with Gasteiger partial charge in [-0.3, -0.25) is 14.7 Å². The van der Waals surface area contributed by atoms with Gasteiger partial charge in [0, 0.05) is 47.0 Å². The van der Waals surface area contributed by atoms with Crippen molar-refractivity contribution in [2.75, 3.05) is 10.5 Å². The molecular formula is C33H31F3N4O3S2. The van der Waals surface area contributed by atoms with E-state index < -0.39 is 27.9 Å². The van der Waals surface area contributed by atoms with E-state index in [1.165, 1.54) is 36.0 Å². The minimum Gasteiger partial charge on any atom is -0.387 e. The van der Waals surface area contributed by atoms with Crippen LogP contribution in [-0.4, -0.2) is 41.4 Å². The van der Waals surface area contributed by atoms with Gasteiger partial charge in [0.05, 0.1) is 27.6 Å². The SMILES string of the molecule is O=S(=O)(Nc1ccc(C[C@@H]2CC[C@H]([C@H](O)c3cccnc3)N2)cc1)c1ccc(C2=NC(c3ccc(C(F)(F)F)cc3)CS2)cc1. The number of nitrogens with zero attached hydrogens (tertiary/aromatic N) is 2. The summed E-state index contributed by atoms with van der Waals surface area (Å²) in [5.41, 5.74) is 3.04. The van der Waals surface area contributed by atoms with Crippen LogP contribution in [-0.2, 0) is 22.6 Å². The van der Waals surface area contributed by atoms with Gasteiger partial charge in [0.15, 0.2) is 0 Å². The molecule has 3 N–H and O–H groups in total. The molecule has 0 radical (unpaired) electrons. The number of benzene rings is 3. The average Bonchev–Trinajstić information content (AvgIpc) is 3.72. The van der Waals surface area contributed by atoms with E-state index in [2.05, 4.69) is 20.0 Å². The molecule has 2 aliphatic rings. The second-order valence-corrected chi connectivity index (χ2v) is 13.9. The number of alkyl halides is 3. The minimum absolute atomic E-state index is 0.0449. The molecule has 4 atom stereocenters. The van der Waals surface area contributed by atoms with Gasteiger partial charge in [-0.15, -0.1) is 11.8 Å². The molecule has 3 heterocycles. The van der Waals surface area contributed by atoms with Crippen LogP contribution >= 0.6 is 11.8 Å². The van der Waals surface area contributed by atoms with Crippen LogP contribution in [0.25, 0.3) is 0 Å². The van der Waals surface area contributed by atoms with Gasteiger partial charge in [0.25, 0.3) is 10.0 Å². The quantitative estimate of drug-likeness (QED) is 0.190. The summed E-state index contributed by atoms with van der Waals surface area (Å²) in [5.74, 6) is 0.586. The maximum atomic E-state index is 13.1. The summed E-state index contributed by atoms with van der Waals surface area (Å²) in [7, 11) is -3.84. The Kier molecular flexibility index (Phi) is 9.00. The highest BCUT2D eigenvalue weighted by Gasteiger charge is 2.31. The van der Waals surface area contributed by atoms with Crippen LogP contribution in [0.2, 0.25) is 0 Å². The van der Waals surface area contributed by atoms with Gasteiger partial charge in [0.2, 0.25) is 0 Å². The number of aliphatic hydroxyl groups excluding tert-OH is 1. The van der Waals surface area contributed by atoms with Crippen LogP contribution in [0, 0.1) is 0 Å². The topological polar surface area (TPSA) is 104 Å². The number of pyridine rings is 1. The molecule has 45 heavy (non-hydrogen) atoms. The summed E-state index contributed by atoms with van der Waals surface area (Å²) in [6.45, 7) is 0. The number of halogens is 3.